The smallest absolute Gasteiger partial charge is 0.198 e. The molecule has 260 valence electrons. The van der Waals surface area contributed by atoms with Crippen LogP contribution in [0.5, 0.6) is 0 Å². The first-order valence-corrected chi connectivity index (χ1v) is 19.1. The zero-order valence-corrected chi connectivity index (χ0v) is 30.8. The molecule has 0 fully saturated rings. The van der Waals surface area contributed by atoms with Crippen LogP contribution in [0.2, 0.25) is 0 Å². The van der Waals surface area contributed by atoms with E-state index >= 15 is 0 Å². The molecule has 0 atom stereocenters. The maximum atomic E-state index is 6.94. The van der Waals surface area contributed by atoms with Crippen molar-refractivity contribution in [2.24, 2.45) is 0 Å². The van der Waals surface area contributed by atoms with Crippen LogP contribution in [-0.2, 0) is 5.41 Å². The summed E-state index contributed by atoms with van der Waals surface area (Å²) in [7, 11) is 0.793. The van der Waals surface area contributed by atoms with E-state index in [-0.39, 0.29) is 5.41 Å². The zero-order valence-electron chi connectivity index (χ0n) is 30.8. The summed E-state index contributed by atoms with van der Waals surface area (Å²) in [6.45, 7) is 4.73. The Morgan fingerprint density at radius 1 is 0.545 bits per heavy atom. The molecule has 1 aromatic heterocycles. The number of rotatable bonds is 5. The highest BCUT2D eigenvalue weighted by molar-refractivity contribution is 6.74. The van der Waals surface area contributed by atoms with Crippen molar-refractivity contribution in [2.75, 3.05) is 10.2 Å². The molecule has 0 radical (unpaired) electrons. The van der Waals surface area contributed by atoms with E-state index in [2.05, 4.69) is 200 Å². The van der Waals surface area contributed by atoms with Crippen LogP contribution < -0.4 is 21.1 Å². The molecule has 8 aromatic carbocycles. The van der Waals surface area contributed by atoms with E-state index in [9.17, 15) is 0 Å². The quantitative estimate of drug-likeness (QED) is 0.181. The first-order chi connectivity index (χ1) is 27.0. The number of nitrogens with one attached hydrogen (secondary N) is 1. The molecule has 55 heavy (non-hydrogen) atoms. The molecule has 3 heterocycles. The minimum Gasteiger partial charge on any atom is -0.455 e. The Kier molecular flexibility index (Phi) is 6.99. The monoisotopic (exact) mass is 704 g/mol. The lowest BCUT2D eigenvalue weighted by atomic mass is 9.55. The molecule has 2 aliphatic heterocycles. The fourth-order valence-corrected chi connectivity index (χ4v) is 9.16. The summed E-state index contributed by atoms with van der Waals surface area (Å²) < 4.78 is 6.94. The average molecular weight is 705 g/mol. The number of hydrogen-bond donors (Lipinski definition) is 1. The SMILES string of the molecule is CC1(C)c2ccccc2N2c3cc4c(oc5ccccc54)c(-c4ccc(-c5ccccc5)cc4Nc4ccc(-c5ccccc5)cc4)c3Bc3cccc1c32. The van der Waals surface area contributed by atoms with E-state index in [0.717, 1.165) is 57.3 Å². The molecule has 0 amide bonds. The van der Waals surface area contributed by atoms with Gasteiger partial charge in [0.2, 0.25) is 0 Å². The third kappa shape index (κ3) is 4.91. The first-order valence-electron chi connectivity index (χ1n) is 19.1. The van der Waals surface area contributed by atoms with Gasteiger partial charge in [0.25, 0.3) is 0 Å². The van der Waals surface area contributed by atoms with Gasteiger partial charge in [0.1, 0.15) is 11.2 Å². The van der Waals surface area contributed by atoms with Crippen molar-refractivity contribution in [3.8, 4) is 33.4 Å². The van der Waals surface area contributed by atoms with Gasteiger partial charge in [0.15, 0.2) is 7.28 Å². The second-order valence-electron chi connectivity index (χ2n) is 15.4. The topological polar surface area (TPSA) is 28.4 Å². The molecule has 0 bridgehead atoms. The van der Waals surface area contributed by atoms with Crippen molar-refractivity contribution in [2.45, 2.75) is 19.3 Å². The van der Waals surface area contributed by atoms with E-state index in [0.29, 0.717) is 0 Å². The third-order valence-electron chi connectivity index (χ3n) is 11.9. The van der Waals surface area contributed by atoms with Crippen LogP contribution in [0.1, 0.15) is 25.0 Å². The Morgan fingerprint density at radius 2 is 1.20 bits per heavy atom. The van der Waals surface area contributed by atoms with E-state index in [1.54, 1.807) is 0 Å². The predicted molar refractivity (Wildman–Crippen MR) is 233 cm³/mol. The van der Waals surface area contributed by atoms with Gasteiger partial charge in [-0.2, -0.15) is 0 Å². The van der Waals surface area contributed by atoms with E-state index in [1.165, 1.54) is 55.8 Å². The van der Waals surface area contributed by atoms with Gasteiger partial charge >= 0.3 is 0 Å². The van der Waals surface area contributed by atoms with Gasteiger partial charge in [-0.3, -0.25) is 0 Å². The number of nitrogens with zero attached hydrogens (tertiary/aromatic N) is 1. The molecule has 11 rings (SSSR count). The van der Waals surface area contributed by atoms with Crippen molar-refractivity contribution < 1.29 is 4.42 Å². The summed E-state index contributed by atoms with van der Waals surface area (Å²) in [5.74, 6) is 0. The van der Waals surface area contributed by atoms with Gasteiger partial charge in [0.05, 0.1) is 5.69 Å². The fourth-order valence-electron chi connectivity index (χ4n) is 9.16. The Morgan fingerprint density at radius 3 is 2.00 bits per heavy atom. The van der Waals surface area contributed by atoms with Gasteiger partial charge in [-0.1, -0.05) is 159 Å². The van der Waals surface area contributed by atoms with Crippen molar-refractivity contribution >= 4 is 68.6 Å². The molecule has 0 aliphatic carbocycles. The van der Waals surface area contributed by atoms with Crippen LogP contribution >= 0.6 is 0 Å². The van der Waals surface area contributed by atoms with Gasteiger partial charge in [0, 0.05) is 50.1 Å². The maximum absolute atomic E-state index is 6.94. The van der Waals surface area contributed by atoms with Crippen LogP contribution in [-0.4, -0.2) is 7.28 Å². The number of furan rings is 1. The molecule has 2 aliphatic rings. The van der Waals surface area contributed by atoms with E-state index in [1.807, 2.05) is 0 Å². The largest absolute Gasteiger partial charge is 0.455 e. The van der Waals surface area contributed by atoms with Crippen LogP contribution in [0.4, 0.5) is 28.4 Å². The second kappa shape index (κ2) is 12.1. The van der Waals surface area contributed by atoms with Crippen molar-refractivity contribution in [1.82, 2.24) is 0 Å². The summed E-state index contributed by atoms with van der Waals surface area (Å²) in [6.07, 6.45) is 0. The van der Waals surface area contributed by atoms with Crippen LogP contribution in [0.3, 0.4) is 0 Å². The highest BCUT2D eigenvalue weighted by Crippen LogP contribution is 2.53. The third-order valence-corrected chi connectivity index (χ3v) is 11.9. The fraction of sp³-hybridized carbons (Fsp3) is 0.0588. The number of benzene rings is 8. The van der Waals surface area contributed by atoms with E-state index in [4.69, 9.17) is 4.42 Å². The molecule has 1 N–H and O–H groups in total. The first kappa shape index (κ1) is 31.7. The Bertz CT molecular complexity index is 2950. The predicted octanol–water partition coefficient (Wildman–Crippen LogP) is 12.1. The number of para-hydroxylation sites is 3. The lowest BCUT2D eigenvalue weighted by molar-refractivity contribution is 0.632. The minimum atomic E-state index is -0.133. The lowest BCUT2D eigenvalue weighted by Crippen LogP contribution is -2.45. The summed E-state index contributed by atoms with van der Waals surface area (Å²) in [5.41, 5.74) is 19.7. The average Bonchev–Trinajstić information content (AvgIpc) is 3.61. The van der Waals surface area contributed by atoms with Gasteiger partial charge < -0.3 is 14.6 Å². The molecule has 0 unspecified atom stereocenters. The van der Waals surface area contributed by atoms with Crippen LogP contribution in [0, 0.1) is 0 Å². The Labute approximate surface area is 321 Å². The highest BCUT2D eigenvalue weighted by Gasteiger charge is 2.41. The molecular weight excluding hydrogens is 667 g/mol. The molecule has 0 spiro atoms. The Hall–Kier alpha value is -6.78. The van der Waals surface area contributed by atoms with Crippen molar-refractivity contribution in [1.29, 1.82) is 0 Å². The molecular formula is C51H37BN2O. The van der Waals surface area contributed by atoms with E-state index < -0.39 is 0 Å². The zero-order chi connectivity index (χ0) is 36.7. The summed E-state index contributed by atoms with van der Waals surface area (Å²) in [4.78, 5) is 2.54. The number of hydrogen-bond acceptors (Lipinski definition) is 3. The summed E-state index contributed by atoms with van der Waals surface area (Å²) in [6, 6.07) is 63.5. The van der Waals surface area contributed by atoms with Crippen molar-refractivity contribution in [3.63, 3.8) is 0 Å². The minimum absolute atomic E-state index is 0.133. The molecule has 0 saturated heterocycles. The highest BCUT2D eigenvalue weighted by atomic mass is 16.3. The van der Waals surface area contributed by atoms with Gasteiger partial charge in [-0.15, -0.1) is 0 Å². The maximum Gasteiger partial charge on any atom is 0.198 e. The normalized spacial score (nSPS) is 13.5. The number of anilines is 5. The van der Waals surface area contributed by atoms with Gasteiger partial charge in [-0.25, -0.2) is 0 Å². The second-order valence-corrected chi connectivity index (χ2v) is 15.4. The van der Waals surface area contributed by atoms with Crippen molar-refractivity contribution in [3.05, 3.63) is 187 Å². The van der Waals surface area contributed by atoms with Gasteiger partial charge in [-0.05, 0) is 75.2 Å². The van der Waals surface area contributed by atoms with Crippen LogP contribution in [0.15, 0.2) is 180 Å². The lowest BCUT2D eigenvalue weighted by Gasteiger charge is -2.46. The Balaban J connectivity index is 1.18. The molecule has 3 nitrogen and oxygen atoms in total. The summed E-state index contributed by atoms with van der Waals surface area (Å²) >= 11 is 0. The standard InChI is InChI=1S/C51H37BN2O/c1-51(2)40-19-10-11-22-44(40)54-45-31-39-37-18-9-12-23-46(37)55-50(39)47(48(45)52-42-21-13-20-41(51)49(42)54)38-29-26-35(33-16-7-4-8-17-33)30-43(38)53-36-27-24-34(25-28-36)32-14-5-3-6-15-32/h3-31,52-53H,1-2H3. The summed E-state index contributed by atoms with van der Waals surface area (Å²) in [5, 5.41) is 6.15. The van der Waals surface area contributed by atoms with Crippen LogP contribution in [0.25, 0.3) is 55.3 Å². The molecule has 0 saturated carbocycles. The number of fused-ring (bicyclic) bond motifs is 7. The molecule has 4 heteroatoms. The molecule has 9 aromatic rings.